The van der Waals surface area contributed by atoms with Gasteiger partial charge in [-0.15, -0.1) is 20.4 Å². The summed E-state index contributed by atoms with van der Waals surface area (Å²) in [5.74, 6) is -0.414. The number of aryl methyl sites for hydroxylation is 2. The van der Waals surface area contributed by atoms with Crippen LogP contribution in [-0.2, 0) is 31.9 Å². The van der Waals surface area contributed by atoms with Crippen LogP contribution in [0.2, 0.25) is 0 Å². The van der Waals surface area contributed by atoms with Crippen molar-refractivity contribution in [3.8, 4) is 0 Å². The average Bonchev–Trinajstić information content (AvgIpc) is 3.80. The highest BCUT2D eigenvalue weighted by atomic mass is 32.1. The average molecular weight is 709 g/mol. The summed E-state index contributed by atoms with van der Waals surface area (Å²) < 4.78 is 11.0. The van der Waals surface area contributed by atoms with E-state index < -0.39 is 35.8 Å². The lowest BCUT2D eigenvalue weighted by atomic mass is 9.97. The van der Waals surface area contributed by atoms with E-state index in [1.54, 1.807) is 20.8 Å². The van der Waals surface area contributed by atoms with E-state index in [0.717, 1.165) is 74.2 Å². The molecule has 2 fully saturated rings. The summed E-state index contributed by atoms with van der Waals surface area (Å²) in [6.45, 7) is 10.9. The Morgan fingerprint density at radius 1 is 0.750 bits per heavy atom. The van der Waals surface area contributed by atoms with Gasteiger partial charge in [-0.05, 0) is 91.9 Å². The first-order valence-electron chi connectivity index (χ1n) is 17.0. The van der Waals surface area contributed by atoms with Crippen molar-refractivity contribution in [2.45, 2.75) is 148 Å². The van der Waals surface area contributed by atoms with Gasteiger partial charge in [0.05, 0.1) is 11.6 Å². The standard InChI is InChI=1S/C32H52N8O6S2/c1-31(2,3)45-29(43)33-23(19-13-7-8-14-19)25(41)35-27-39-37-21(47-27)17-11-12-18-22-38-40-28(48-22)36-26(42)24(20-15-9-10-16-20)34-30(44)46-32(4,5)6/h19-20,23-24,29,33,43H,7-18H2,1-6H3,(H,34,44)(H,35,39,41)(H,36,40,42). The number of carbonyl (C=O) groups is 3. The first-order valence-corrected chi connectivity index (χ1v) is 18.7. The molecule has 268 valence electrons. The molecule has 3 amide bonds. The molecule has 0 bridgehead atoms. The molecule has 0 radical (unpaired) electrons. The van der Waals surface area contributed by atoms with Gasteiger partial charge in [0.15, 0.2) is 0 Å². The first kappa shape index (κ1) is 38.0. The lowest BCUT2D eigenvalue weighted by Crippen LogP contribution is -2.52. The molecule has 0 aliphatic heterocycles. The molecular formula is C32H52N8O6S2. The number of aromatic nitrogens is 4. The minimum atomic E-state index is -1.26. The number of nitrogens with zero attached hydrogens (tertiary/aromatic N) is 4. The zero-order valence-corrected chi connectivity index (χ0v) is 30.6. The number of unbranched alkanes of at least 4 members (excludes halogenated alkanes) is 1. The van der Waals surface area contributed by atoms with E-state index in [1.165, 1.54) is 22.7 Å². The van der Waals surface area contributed by atoms with Crippen molar-refractivity contribution < 1.29 is 29.0 Å². The van der Waals surface area contributed by atoms with Crippen LogP contribution in [0, 0.1) is 11.8 Å². The Balaban J connectivity index is 1.22. The summed E-state index contributed by atoms with van der Waals surface area (Å²) in [4.78, 5) is 38.9. The predicted octanol–water partition coefficient (Wildman–Crippen LogP) is 5.15. The third-order valence-corrected chi connectivity index (χ3v) is 9.99. The Hall–Kier alpha value is -2.79. The third-order valence-electron chi connectivity index (χ3n) is 8.19. The van der Waals surface area contributed by atoms with Crippen LogP contribution < -0.4 is 21.3 Å². The van der Waals surface area contributed by atoms with Gasteiger partial charge in [0.2, 0.25) is 28.5 Å². The fourth-order valence-corrected chi connectivity index (χ4v) is 7.66. The van der Waals surface area contributed by atoms with E-state index in [4.69, 9.17) is 9.47 Å². The van der Waals surface area contributed by atoms with Crippen molar-refractivity contribution in [1.29, 1.82) is 0 Å². The third kappa shape index (κ3) is 12.6. The monoisotopic (exact) mass is 708 g/mol. The van der Waals surface area contributed by atoms with Crippen LogP contribution in [0.5, 0.6) is 0 Å². The lowest BCUT2D eigenvalue weighted by Gasteiger charge is -2.30. The Morgan fingerprint density at radius 2 is 1.21 bits per heavy atom. The SMILES string of the molecule is CC(C)(C)OC(=O)NC(C(=O)Nc1nnc(CCCCc2nnc(NC(=O)C(NC(O)OC(C)(C)C)C3CCCC3)s2)s1)C1CCCC1. The molecule has 5 N–H and O–H groups in total. The minimum absolute atomic E-state index is 0.0467. The number of hydrogen-bond donors (Lipinski definition) is 5. The zero-order valence-electron chi connectivity index (χ0n) is 29.0. The summed E-state index contributed by atoms with van der Waals surface area (Å²) >= 11 is 2.66. The number of alkyl carbamates (subject to hydrolysis) is 1. The Kier molecular flexibility index (Phi) is 13.6. The van der Waals surface area contributed by atoms with Gasteiger partial charge in [-0.2, -0.15) is 0 Å². The van der Waals surface area contributed by atoms with Crippen LogP contribution in [0.3, 0.4) is 0 Å². The molecule has 2 aliphatic carbocycles. The summed E-state index contributed by atoms with van der Waals surface area (Å²) in [6, 6.07) is -1.30. The molecule has 2 heterocycles. The molecule has 16 heteroatoms. The fraction of sp³-hybridized carbons (Fsp3) is 0.781. The summed E-state index contributed by atoms with van der Waals surface area (Å²) in [5, 5.41) is 41.1. The maximum absolute atomic E-state index is 13.2. The van der Waals surface area contributed by atoms with Crippen LogP contribution in [-0.4, -0.2) is 73.1 Å². The van der Waals surface area contributed by atoms with Gasteiger partial charge in [0, 0.05) is 12.8 Å². The van der Waals surface area contributed by atoms with Crippen molar-refractivity contribution >= 4 is 50.8 Å². The number of amides is 3. The van der Waals surface area contributed by atoms with Gasteiger partial charge in [0.25, 0.3) is 0 Å². The van der Waals surface area contributed by atoms with E-state index in [0.29, 0.717) is 23.1 Å². The molecule has 0 aromatic carbocycles. The summed E-state index contributed by atoms with van der Waals surface area (Å²) in [5.41, 5.74) is -1.22. The lowest BCUT2D eigenvalue weighted by molar-refractivity contribution is -0.188. The second kappa shape index (κ2) is 17.2. The van der Waals surface area contributed by atoms with Crippen molar-refractivity contribution in [3.05, 3.63) is 10.0 Å². The van der Waals surface area contributed by atoms with Gasteiger partial charge in [0.1, 0.15) is 21.7 Å². The molecule has 0 spiro atoms. The van der Waals surface area contributed by atoms with Crippen LogP contribution in [0.4, 0.5) is 15.1 Å². The number of hydrogen-bond acceptors (Lipinski definition) is 13. The molecule has 2 aromatic rings. The van der Waals surface area contributed by atoms with E-state index in [2.05, 4.69) is 41.7 Å². The molecule has 2 aromatic heterocycles. The molecule has 14 nitrogen and oxygen atoms in total. The van der Waals surface area contributed by atoms with E-state index in [1.807, 2.05) is 20.8 Å². The topological polar surface area (TPSA) is 190 Å². The Bertz CT molecular complexity index is 1340. The first-order chi connectivity index (χ1) is 22.6. The van der Waals surface area contributed by atoms with Crippen molar-refractivity contribution in [2.24, 2.45) is 11.8 Å². The second-order valence-corrected chi connectivity index (χ2v) is 16.8. The van der Waals surface area contributed by atoms with Crippen molar-refractivity contribution in [3.63, 3.8) is 0 Å². The molecule has 3 atom stereocenters. The zero-order chi connectivity index (χ0) is 34.9. The fourth-order valence-electron chi connectivity index (χ4n) is 6.09. The molecule has 2 aliphatic rings. The number of ether oxygens (including phenoxy) is 2. The molecule has 4 rings (SSSR count). The maximum atomic E-state index is 13.2. The number of carbonyl (C=O) groups excluding carboxylic acids is 3. The Labute approximate surface area is 290 Å². The van der Waals surface area contributed by atoms with Crippen molar-refractivity contribution in [1.82, 2.24) is 31.0 Å². The van der Waals surface area contributed by atoms with Gasteiger partial charge < -0.3 is 19.9 Å². The second-order valence-electron chi connectivity index (χ2n) is 14.6. The summed E-state index contributed by atoms with van der Waals surface area (Å²) in [7, 11) is 0. The minimum Gasteiger partial charge on any atom is -0.444 e. The molecule has 2 saturated carbocycles. The molecule has 0 saturated heterocycles. The normalized spacial score (nSPS) is 18.0. The van der Waals surface area contributed by atoms with Gasteiger partial charge in [-0.3, -0.25) is 25.5 Å². The van der Waals surface area contributed by atoms with E-state index >= 15 is 0 Å². The maximum Gasteiger partial charge on any atom is 0.408 e. The van der Waals surface area contributed by atoms with Gasteiger partial charge >= 0.3 is 6.09 Å². The molecule has 3 unspecified atom stereocenters. The highest BCUT2D eigenvalue weighted by Crippen LogP contribution is 2.31. The van der Waals surface area contributed by atoms with Gasteiger partial charge in [-0.25, -0.2) is 4.79 Å². The highest BCUT2D eigenvalue weighted by Gasteiger charge is 2.35. The number of aliphatic hydroxyl groups is 1. The van der Waals surface area contributed by atoms with Gasteiger partial charge in [-0.1, -0.05) is 48.4 Å². The van der Waals surface area contributed by atoms with Crippen LogP contribution in [0.25, 0.3) is 0 Å². The predicted molar refractivity (Wildman–Crippen MR) is 185 cm³/mol. The van der Waals surface area contributed by atoms with Crippen molar-refractivity contribution in [2.75, 3.05) is 10.6 Å². The van der Waals surface area contributed by atoms with Crippen LogP contribution in [0.15, 0.2) is 0 Å². The highest BCUT2D eigenvalue weighted by molar-refractivity contribution is 7.15. The van der Waals surface area contributed by atoms with E-state index in [-0.39, 0.29) is 23.7 Å². The van der Waals surface area contributed by atoms with E-state index in [9.17, 15) is 19.5 Å². The largest absolute Gasteiger partial charge is 0.444 e. The quantitative estimate of drug-likeness (QED) is 0.121. The Morgan fingerprint density at radius 3 is 1.67 bits per heavy atom. The van der Waals surface area contributed by atoms with Crippen LogP contribution >= 0.6 is 22.7 Å². The number of nitrogens with one attached hydrogen (secondary N) is 4. The molecular weight excluding hydrogens is 657 g/mol. The molecule has 48 heavy (non-hydrogen) atoms. The number of anilines is 2. The van der Waals surface area contributed by atoms with Crippen LogP contribution in [0.1, 0.15) is 116 Å². The number of aliphatic hydroxyl groups excluding tert-OH is 1. The smallest absolute Gasteiger partial charge is 0.408 e. The summed E-state index contributed by atoms with van der Waals surface area (Å²) in [6.07, 6.45) is 8.87. The number of rotatable bonds is 15.